The summed E-state index contributed by atoms with van der Waals surface area (Å²) in [7, 11) is 2.03. The number of para-hydroxylation sites is 1. The van der Waals surface area contributed by atoms with Crippen LogP contribution in [0.15, 0.2) is 24.3 Å². The van der Waals surface area contributed by atoms with Crippen LogP contribution < -0.4 is 10.2 Å². The van der Waals surface area contributed by atoms with Crippen LogP contribution in [0.1, 0.15) is 25.8 Å². The quantitative estimate of drug-likeness (QED) is 0.835. The van der Waals surface area contributed by atoms with Gasteiger partial charge in [0.15, 0.2) is 0 Å². The smallest absolute Gasteiger partial charge is 0.0404 e. The Labute approximate surface area is 98.7 Å². The van der Waals surface area contributed by atoms with Crippen molar-refractivity contribution in [1.82, 2.24) is 5.32 Å². The molecule has 0 aromatic heterocycles. The summed E-state index contributed by atoms with van der Waals surface area (Å²) in [5.74, 6) is 0. The molecule has 0 aliphatic carbocycles. The normalized spacial score (nSPS) is 19.2. The van der Waals surface area contributed by atoms with Gasteiger partial charge in [0.25, 0.3) is 0 Å². The molecule has 2 rings (SSSR count). The van der Waals surface area contributed by atoms with Crippen LogP contribution in [0.5, 0.6) is 0 Å². The second-order valence-electron chi connectivity index (χ2n) is 4.88. The molecule has 2 heteroatoms. The number of fused-ring (bicyclic) bond motifs is 1. The molecule has 0 amide bonds. The number of anilines is 1. The van der Waals surface area contributed by atoms with Crippen molar-refractivity contribution < 1.29 is 0 Å². The summed E-state index contributed by atoms with van der Waals surface area (Å²) in [5, 5.41) is 3.25. The van der Waals surface area contributed by atoms with Gasteiger partial charge in [-0.15, -0.1) is 0 Å². The Bertz CT molecular complexity index is 346. The van der Waals surface area contributed by atoms with E-state index in [4.69, 9.17) is 0 Å². The molecule has 1 N–H and O–H groups in total. The van der Waals surface area contributed by atoms with Crippen LogP contribution in [0.3, 0.4) is 0 Å². The minimum Gasteiger partial charge on any atom is -0.366 e. The van der Waals surface area contributed by atoms with E-state index in [-0.39, 0.29) is 0 Å². The first-order valence-corrected chi connectivity index (χ1v) is 6.25. The lowest BCUT2D eigenvalue weighted by atomic mass is 10.1. The van der Waals surface area contributed by atoms with Gasteiger partial charge in [0, 0.05) is 17.8 Å². The molecule has 0 fully saturated rings. The molecule has 0 radical (unpaired) electrons. The third kappa shape index (κ3) is 2.07. The summed E-state index contributed by atoms with van der Waals surface area (Å²) < 4.78 is 0. The summed E-state index contributed by atoms with van der Waals surface area (Å²) in [6.45, 7) is 5.67. The molecule has 1 atom stereocenters. The van der Waals surface area contributed by atoms with Gasteiger partial charge in [0.05, 0.1) is 0 Å². The summed E-state index contributed by atoms with van der Waals surface area (Å²) in [6.07, 6.45) is 2.43. The fraction of sp³-hybridized carbons (Fsp3) is 0.571. The molecule has 0 bridgehead atoms. The van der Waals surface area contributed by atoms with Gasteiger partial charge in [-0.3, -0.25) is 0 Å². The van der Waals surface area contributed by atoms with Gasteiger partial charge in [0.1, 0.15) is 0 Å². The van der Waals surface area contributed by atoms with Crippen LogP contribution in [0.2, 0.25) is 0 Å². The van der Waals surface area contributed by atoms with Crippen LogP contribution in [0.4, 0.5) is 5.69 Å². The van der Waals surface area contributed by atoms with E-state index in [0.717, 1.165) is 6.54 Å². The van der Waals surface area contributed by atoms with Crippen LogP contribution in [0, 0.1) is 0 Å². The van der Waals surface area contributed by atoms with Gasteiger partial charge in [-0.2, -0.15) is 0 Å². The first-order chi connectivity index (χ1) is 7.74. The van der Waals surface area contributed by atoms with Gasteiger partial charge < -0.3 is 10.2 Å². The zero-order valence-corrected chi connectivity index (χ0v) is 10.5. The largest absolute Gasteiger partial charge is 0.366 e. The number of hydrogen-bond acceptors (Lipinski definition) is 2. The van der Waals surface area contributed by atoms with Crippen molar-refractivity contribution in [2.24, 2.45) is 0 Å². The van der Waals surface area contributed by atoms with Gasteiger partial charge in [-0.25, -0.2) is 0 Å². The van der Waals surface area contributed by atoms with Gasteiger partial charge in [0.2, 0.25) is 0 Å². The van der Waals surface area contributed by atoms with E-state index in [1.54, 1.807) is 0 Å². The highest BCUT2D eigenvalue weighted by atomic mass is 15.2. The van der Waals surface area contributed by atoms with Crippen molar-refractivity contribution in [3.8, 4) is 0 Å². The molecule has 0 saturated carbocycles. The third-order valence-electron chi connectivity index (χ3n) is 3.40. The molecular formula is C14H22N2. The topological polar surface area (TPSA) is 15.3 Å². The van der Waals surface area contributed by atoms with Crippen LogP contribution in [-0.2, 0) is 6.42 Å². The summed E-state index contributed by atoms with van der Waals surface area (Å²) >= 11 is 0. The first kappa shape index (κ1) is 11.5. The molecule has 1 heterocycles. The highest BCUT2D eigenvalue weighted by Gasteiger charge is 2.29. The number of benzene rings is 1. The average Bonchev–Trinajstić information content (AvgIpc) is 2.64. The summed E-state index contributed by atoms with van der Waals surface area (Å²) in [5.41, 5.74) is 2.95. The number of nitrogens with zero attached hydrogens (tertiary/aromatic N) is 1. The average molecular weight is 218 g/mol. The van der Waals surface area contributed by atoms with Gasteiger partial charge >= 0.3 is 0 Å². The minimum atomic E-state index is 0.588. The standard InChI is InChI=1S/C14H22N2/c1-11(2)16-13(8-9-15-3)10-12-6-4-5-7-14(12)16/h4-7,11,13,15H,8-10H2,1-3H3. The molecule has 88 valence electrons. The maximum absolute atomic E-state index is 3.25. The molecular weight excluding hydrogens is 196 g/mol. The monoisotopic (exact) mass is 218 g/mol. The lowest BCUT2D eigenvalue weighted by Gasteiger charge is -2.31. The van der Waals surface area contributed by atoms with E-state index < -0.39 is 0 Å². The molecule has 0 spiro atoms. The zero-order chi connectivity index (χ0) is 11.5. The van der Waals surface area contributed by atoms with E-state index >= 15 is 0 Å². The van der Waals surface area contributed by atoms with E-state index in [1.807, 2.05) is 7.05 Å². The second-order valence-corrected chi connectivity index (χ2v) is 4.88. The Morgan fingerprint density at radius 1 is 1.38 bits per heavy atom. The predicted octanol–water partition coefficient (Wildman–Crippen LogP) is 2.44. The second kappa shape index (κ2) is 4.88. The van der Waals surface area contributed by atoms with Crippen molar-refractivity contribution >= 4 is 5.69 Å². The highest BCUT2D eigenvalue weighted by molar-refractivity contribution is 5.59. The molecule has 0 saturated heterocycles. The van der Waals surface area contributed by atoms with E-state index in [1.165, 1.54) is 24.1 Å². The molecule has 1 unspecified atom stereocenters. The van der Waals surface area contributed by atoms with Crippen LogP contribution >= 0.6 is 0 Å². The van der Waals surface area contributed by atoms with Gasteiger partial charge in [-0.1, -0.05) is 18.2 Å². The van der Waals surface area contributed by atoms with Crippen LogP contribution in [0.25, 0.3) is 0 Å². The summed E-state index contributed by atoms with van der Waals surface area (Å²) in [4.78, 5) is 2.58. The highest BCUT2D eigenvalue weighted by Crippen LogP contribution is 2.34. The molecule has 1 aliphatic rings. The lowest BCUT2D eigenvalue weighted by Crippen LogP contribution is -2.39. The lowest BCUT2D eigenvalue weighted by molar-refractivity contribution is 0.524. The maximum atomic E-state index is 3.25. The Kier molecular flexibility index (Phi) is 3.49. The molecule has 2 nitrogen and oxygen atoms in total. The van der Waals surface area contributed by atoms with E-state index in [0.29, 0.717) is 12.1 Å². The Balaban J connectivity index is 2.20. The van der Waals surface area contributed by atoms with Crippen molar-refractivity contribution in [2.45, 2.75) is 38.8 Å². The number of nitrogens with one attached hydrogen (secondary N) is 1. The van der Waals surface area contributed by atoms with E-state index in [2.05, 4.69) is 48.3 Å². The van der Waals surface area contributed by atoms with Crippen LogP contribution in [-0.4, -0.2) is 25.7 Å². The molecule has 1 aromatic carbocycles. The third-order valence-corrected chi connectivity index (χ3v) is 3.40. The fourth-order valence-corrected chi connectivity index (χ4v) is 2.74. The molecule has 16 heavy (non-hydrogen) atoms. The predicted molar refractivity (Wildman–Crippen MR) is 70.1 cm³/mol. The Hall–Kier alpha value is -1.02. The summed E-state index contributed by atoms with van der Waals surface area (Å²) in [6, 6.07) is 10.1. The van der Waals surface area contributed by atoms with Gasteiger partial charge in [-0.05, 0) is 51.9 Å². The van der Waals surface area contributed by atoms with Crippen molar-refractivity contribution in [2.75, 3.05) is 18.5 Å². The van der Waals surface area contributed by atoms with Crippen molar-refractivity contribution in [3.05, 3.63) is 29.8 Å². The number of hydrogen-bond donors (Lipinski definition) is 1. The Morgan fingerprint density at radius 2 is 2.12 bits per heavy atom. The maximum Gasteiger partial charge on any atom is 0.0404 e. The first-order valence-electron chi connectivity index (χ1n) is 6.25. The number of rotatable bonds is 4. The molecule has 1 aliphatic heterocycles. The molecule has 1 aromatic rings. The van der Waals surface area contributed by atoms with E-state index in [9.17, 15) is 0 Å². The van der Waals surface area contributed by atoms with Crippen molar-refractivity contribution in [3.63, 3.8) is 0 Å². The van der Waals surface area contributed by atoms with Crippen molar-refractivity contribution in [1.29, 1.82) is 0 Å². The fourth-order valence-electron chi connectivity index (χ4n) is 2.74. The SMILES string of the molecule is CNCCC1Cc2ccccc2N1C(C)C. The zero-order valence-electron chi connectivity index (χ0n) is 10.5. The minimum absolute atomic E-state index is 0.588. The Morgan fingerprint density at radius 3 is 2.81 bits per heavy atom.